The number of hydrogen-bond donors (Lipinski definition) is 2. The topological polar surface area (TPSA) is 89.3 Å². The zero-order valence-electron chi connectivity index (χ0n) is 11.1. The number of nitrogens with one attached hydrogen (secondary N) is 1. The van der Waals surface area contributed by atoms with Crippen LogP contribution < -0.4 is 11.3 Å². The largest absolute Gasteiger partial charge is 0.293 e. The van der Waals surface area contributed by atoms with E-state index in [1.165, 1.54) is 23.9 Å². The fourth-order valence-corrected chi connectivity index (χ4v) is 3.15. The van der Waals surface area contributed by atoms with Crippen LogP contribution in [0.5, 0.6) is 0 Å². The zero-order valence-corrected chi connectivity index (χ0v) is 12.7. The van der Waals surface area contributed by atoms with Gasteiger partial charge in [-0.1, -0.05) is 13.8 Å². The van der Waals surface area contributed by atoms with Gasteiger partial charge in [-0.25, -0.2) is 14.3 Å². The summed E-state index contributed by atoms with van der Waals surface area (Å²) in [5.74, 6) is 5.02. The second kappa shape index (κ2) is 6.40. The summed E-state index contributed by atoms with van der Waals surface area (Å²) in [4.78, 5) is 12.7. The van der Waals surface area contributed by atoms with Gasteiger partial charge in [-0.15, -0.1) is 11.8 Å². The zero-order chi connectivity index (χ0) is 14.6. The molecule has 0 radical (unpaired) electrons. The van der Waals surface area contributed by atoms with Crippen molar-refractivity contribution in [1.29, 1.82) is 0 Å². The van der Waals surface area contributed by atoms with Gasteiger partial charge in [0.25, 0.3) is 0 Å². The SMILES string of the molecule is CC(C)C(Sc1ccc(S(C)(=O)=O)cc1)C(=O)NN. The number of carbonyl (C=O) groups excluding carboxylic acids is 1. The summed E-state index contributed by atoms with van der Waals surface area (Å²) in [5, 5.41) is -0.311. The van der Waals surface area contributed by atoms with Gasteiger partial charge < -0.3 is 0 Å². The van der Waals surface area contributed by atoms with Gasteiger partial charge in [-0.05, 0) is 30.2 Å². The lowest BCUT2D eigenvalue weighted by atomic mass is 10.1. The number of carbonyl (C=O) groups is 1. The van der Waals surface area contributed by atoms with E-state index in [9.17, 15) is 13.2 Å². The number of benzene rings is 1. The Kier molecular flexibility index (Phi) is 5.39. The molecule has 19 heavy (non-hydrogen) atoms. The van der Waals surface area contributed by atoms with Crippen LogP contribution in [0.15, 0.2) is 34.1 Å². The Morgan fingerprint density at radius 3 is 2.16 bits per heavy atom. The van der Waals surface area contributed by atoms with Crippen molar-refractivity contribution >= 4 is 27.5 Å². The molecule has 1 rings (SSSR count). The molecule has 0 saturated heterocycles. The second-order valence-corrected chi connectivity index (χ2v) is 7.77. The number of hydrogen-bond acceptors (Lipinski definition) is 5. The van der Waals surface area contributed by atoms with Crippen LogP contribution in [0.3, 0.4) is 0 Å². The molecular weight excluding hydrogens is 284 g/mol. The molecule has 1 atom stereocenters. The van der Waals surface area contributed by atoms with E-state index < -0.39 is 9.84 Å². The molecule has 0 aliphatic heterocycles. The van der Waals surface area contributed by atoms with E-state index in [1.807, 2.05) is 13.8 Å². The Hall–Kier alpha value is -1.05. The van der Waals surface area contributed by atoms with Gasteiger partial charge in [0, 0.05) is 11.2 Å². The quantitative estimate of drug-likeness (QED) is 0.369. The van der Waals surface area contributed by atoms with Gasteiger partial charge in [0.2, 0.25) is 5.91 Å². The first-order valence-corrected chi connectivity index (χ1v) is 8.50. The maximum atomic E-state index is 11.6. The highest BCUT2D eigenvalue weighted by Gasteiger charge is 2.22. The van der Waals surface area contributed by atoms with E-state index in [0.717, 1.165) is 11.2 Å². The summed E-state index contributed by atoms with van der Waals surface area (Å²) >= 11 is 1.36. The third kappa shape index (κ3) is 4.52. The lowest BCUT2D eigenvalue weighted by Gasteiger charge is -2.18. The molecule has 7 heteroatoms. The highest BCUT2D eigenvalue weighted by molar-refractivity contribution is 8.00. The maximum absolute atomic E-state index is 11.6. The summed E-state index contributed by atoms with van der Waals surface area (Å²) in [7, 11) is -3.19. The molecule has 3 N–H and O–H groups in total. The number of rotatable bonds is 5. The molecule has 0 fully saturated rings. The normalized spacial score (nSPS) is 13.3. The Bertz CT molecular complexity index is 539. The van der Waals surface area contributed by atoms with Gasteiger partial charge in [-0.3, -0.25) is 10.2 Å². The first-order chi connectivity index (χ1) is 8.75. The minimum absolute atomic E-state index is 0.114. The van der Waals surface area contributed by atoms with Crippen molar-refractivity contribution in [3.05, 3.63) is 24.3 Å². The fraction of sp³-hybridized carbons (Fsp3) is 0.417. The highest BCUT2D eigenvalue weighted by Crippen LogP contribution is 2.29. The molecule has 1 aromatic rings. The molecule has 0 bridgehead atoms. The van der Waals surface area contributed by atoms with Crippen molar-refractivity contribution in [3.63, 3.8) is 0 Å². The maximum Gasteiger partial charge on any atom is 0.247 e. The first-order valence-electron chi connectivity index (χ1n) is 5.73. The summed E-state index contributed by atoms with van der Waals surface area (Å²) in [6.07, 6.45) is 1.16. The number of nitrogens with two attached hydrogens (primary N) is 1. The lowest BCUT2D eigenvalue weighted by molar-refractivity contribution is -0.121. The average Bonchev–Trinajstić information content (AvgIpc) is 2.34. The summed E-state index contributed by atoms with van der Waals surface area (Å²) < 4.78 is 22.7. The third-order valence-corrected chi connectivity index (χ3v) is 5.21. The van der Waals surface area contributed by atoms with Crippen LogP contribution >= 0.6 is 11.8 Å². The smallest absolute Gasteiger partial charge is 0.247 e. The standard InChI is InChI=1S/C12H18N2O3S2/c1-8(2)11(12(15)14-13)18-9-4-6-10(7-5-9)19(3,16)17/h4-8,11H,13H2,1-3H3,(H,14,15). The van der Waals surface area contributed by atoms with Crippen LogP contribution in [-0.4, -0.2) is 25.8 Å². The molecule has 0 spiro atoms. The fourth-order valence-electron chi connectivity index (χ4n) is 1.49. The molecule has 0 saturated carbocycles. The van der Waals surface area contributed by atoms with Crippen LogP contribution in [-0.2, 0) is 14.6 Å². The molecule has 5 nitrogen and oxygen atoms in total. The van der Waals surface area contributed by atoms with Crippen LogP contribution in [0.4, 0.5) is 0 Å². The molecule has 1 aromatic carbocycles. The van der Waals surface area contributed by atoms with Gasteiger partial charge in [0.15, 0.2) is 9.84 Å². The summed E-state index contributed by atoms with van der Waals surface area (Å²) in [6.45, 7) is 3.86. The highest BCUT2D eigenvalue weighted by atomic mass is 32.2. The monoisotopic (exact) mass is 302 g/mol. The molecular formula is C12H18N2O3S2. The molecule has 0 aromatic heterocycles. The van der Waals surface area contributed by atoms with E-state index in [4.69, 9.17) is 5.84 Å². The summed E-state index contributed by atoms with van der Waals surface area (Å²) in [6, 6.07) is 6.46. The Balaban J connectivity index is 2.90. The van der Waals surface area contributed by atoms with Gasteiger partial charge in [0.05, 0.1) is 10.1 Å². The van der Waals surface area contributed by atoms with Crippen molar-refractivity contribution in [2.45, 2.75) is 28.9 Å². The molecule has 106 valence electrons. The minimum Gasteiger partial charge on any atom is -0.293 e. The van der Waals surface area contributed by atoms with Crippen LogP contribution in [0.25, 0.3) is 0 Å². The molecule has 0 aliphatic carbocycles. The second-order valence-electron chi connectivity index (χ2n) is 4.53. The van der Waals surface area contributed by atoms with E-state index in [2.05, 4.69) is 5.43 Å². The van der Waals surface area contributed by atoms with Crippen molar-refractivity contribution in [2.75, 3.05) is 6.26 Å². The average molecular weight is 302 g/mol. The molecule has 0 heterocycles. The van der Waals surface area contributed by atoms with Crippen molar-refractivity contribution < 1.29 is 13.2 Å². The van der Waals surface area contributed by atoms with E-state index in [-0.39, 0.29) is 22.0 Å². The lowest BCUT2D eigenvalue weighted by Crippen LogP contribution is -2.39. The summed E-state index contributed by atoms with van der Waals surface area (Å²) in [5.41, 5.74) is 2.15. The number of hydrazine groups is 1. The van der Waals surface area contributed by atoms with E-state index in [0.29, 0.717) is 0 Å². The molecule has 1 unspecified atom stereocenters. The van der Waals surface area contributed by atoms with E-state index in [1.54, 1.807) is 12.1 Å². The predicted octanol–water partition coefficient (Wildman–Crippen LogP) is 1.20. The first kappa shape index (κ1) is 16.0. The molecule has 0 aliphatic rings. The predicted molar refractivity (Wildman–Crippen MR) is 76.4 cm³/mol. The van der Waals surface area contributed by atoms with Gasteiger partial charge in [0.1, 0.15) is 0 Å². The van der Waals surface area contributed by atoms with Gasteiger partial charge >= 0.3 is 0 Å². The van der Waals surface area contributed by atoms with E-state index >= 15 is 0 Å². The number of thioether (sulfide) groups is 1. The van der Waals surface area contributed by atoms with Crippen molar-refractivity contribution in [2.24, 2.45) is 11.8 Å². The van der Waals surface area contributed by atoms with Gasteiger partial charge in [-0.2, -0.15) is 0 Å². The molecule has 1 amide bonds. The van der Waals surface area contributed by atoms with Crippen LogP contribution in [0.2, 0.25) is 0 Å². The third-order valence-electron chi connectivity index (χ3n) is 2.52. The van der Waals surface area contributed by atoms with Crippen molar-refractivity contribution in [3.8, 4) is 0 Å². The van der Waals surface area contributed by atoms with Crippen molar-refractivity contribution in [1.82, 2.24) is 5.43 Å². The Morgan fingerprint density at radius 2 is 1.79 bits per heavy atom. The number of amides is 1. The van der Waals surface area contributed by atoms with Crippen LogP contribution in [0.1, 0.15) is 13.8 Å². The Morgan fingerprint density at radius 1 is 1.26 bits per heavy atom. The Labute approximate surface area is 117 Å². The minimum atomic E-state index is -3.19. The number of sulfone groups is 1. The van der Waals surface area contributed by atoms with Crippen LogP contribution in [0, 0.1) is 5.92 Å².